The molecule has 0 saturated heterocycles. The minimum atomic E-state index is -2.24. The van der Waals surface area contributed by atoms with Crippen molar-refractivity contribution in [3.05, 3.63) is 145 Å². The number of ether oxygens (including phenoxy) is 1. The van der Waals surface area contributed by atoms with Crippen LogP contribution < -0.4 is 14.5 Å². The third kappa shape index (κ3) is 4.85. The SMILES string of the molecule is [2H]C([2H])([2H])c1ccnc(-n2c3ccccc3c3ccc(Oc4cccc(N5CN(c6cccc(C(C)(C)C)c6)c6ccccc65)c4)cc32)c1. The van der Waals surface area contributed by atoms with Crippen LogP contribution in [0.3, 0.4) is 0 Å². The summed E-state index contributed by atoms with van der Waals surface area (Å²) in [5.74, 6) is 1.93. The minimum absolute atomic E-state index is 0.0519. The van der Waals surface area contributed by atoms with Crippen LogP contribution in [0.15, 0.2) is 134 Å². The number of fused-ring (bicyclic) bond motifs is 4. The fourth-order valence-electron chi connectivity index (χ4n) is 6.45. The van der Waals surface area contributed by atoms with Crippen LogP contribution >= 0.6 is 0 Å². The van der Waals surface area contributed by atoms with Crippen molar-refractivity contribution in [3.8, 4) is 17.3 Å². The average Bonchev–Trinajstić information content (AvgIpc) is 3.64. The molecule has 7 aromatic rings. The molecule has 5 nitrogen and oxygen atoms in total. The molecule has 5 aromatic carbocycles. The van der Waals surface area contributed by atoms with Gasteiger partial charge in [0.25, 0.3) is 0 Å². The summed E-state index contributed by atoms with van der Waals surface area (Å²) in [5.41, 5.74) is 7.91. The Labute approximate surface area is 274 Å². The van der Waals surface area contributed by atoms with Crippen molar-refractivity contribution in [3.63, 3.8) is 0 Å². The molecular weight excluding hydrogens is 564 g/mol. The van der Waals surface area contributed by atoms with E-state index >= 15 is 0 Å². The van der Waals surface area contributed by atoms with Crippen LogP contribution in [-0.4, -0.2) is 16.2 Å². The van der Waals surface area contributed by atoms with E-state index in [2.05, 4.69) is 108 Å². The summed E-state index contributed by atoms with van der Waals surface area (Å²) in [6.45, 7) is 5.17. The number of pyridine rings is 1. The first kappa shape index (κ1) is 24.7. The Morgan fingerprint density at radius 3 is 2.13 bits per heavy atom. The maximum absolute atomic E-state index is 7.96. The van der Waals surface area contributed by atoms with Gasteiger partial charge in [-0.15, -0.1) is 0 Å². The molecule has 1 aliphatic heterocycles. The molecular formula is C41H36N4O. The van der Waals surface area contributed by atoms with Crippen molar-refractivity contribution in [1.82, 2.24) is 9.55 Å². The number of rotatable bonds is 5. The second kappa shape index (κ2) is 10.8. The second-order valence-corrected chi connectivity index (χ2v) is 12.8. The molecule has 0 aliphatic carbocycles. The Morgan fingerprint density at radius 2 is 1.35 bits per heavy atom. The molecule has 0 spiro atoms. The second-order valence-electron chi connectivity index (χ2n) is 12.8. The van der Waals surface area contributed by atoms with Crippen LogP contribution in [0.2, 0.25) is 0 Å². The summed E-state index contributed by atoms with van der Waals surface area (Å²) in [6.07, 6.45) is 1.56. The molecule has 46 heavy (non-hydrogen) atoms. The van der Waals surface area contributed by atoms with Gasteiger partial charge in [-0.05, 0) is 90.1 Å². The Balaban J connectivity index is 1.15. The molecule has 0 amide bonds. The van der Waals surface area contributed by atoms with E-state index in [0.717, 1.165) is 44.6 Å². The molecule has 0 N–H and O–H groups in total. The minimum Gasteiger partial charge on any atom is -0.457 e. The third-order valence-electron chi connectivity index (χ3n) is 8.75. The molecule has 226 valence electrons. The summed E-state index contributed by atoms with van der Waals surface area (Å²) in [7, 11) is 0. The molecule has 1 aliphatic rings. The highest BCUT2D eigenvalue weighted by molar-refractivity contribution is 6.09. The van der Waals surface area contributed by atoms with E-state index in [-0.39, 0.29) is 11.0 Å². The van der Waals surface area contributed by atoms with E-state index in [0.29, 0.717) is 24.0 Å². The summed E-state index contributed by atoms with van der Waals surface area (Å²) in [4.78, 5) is 9.27. The largest absolute Gasteiger partial charge is 0.457 e. The van der Waals surface area contributed by atoms with E-state index in [9.17, 15) is 0 Å². The normalized spacial score (nSPS) is 14.3. The smallest absolute Gasteiger partial charge is 0.137 e. The van der Waals surface area contributed by atoms with Crippen LogP contribution in [-0.2, 0) is 5.41 Å². The van der Waals surface area contributed by atoms with Gasteiger partial charge in [-0.2, -0.15) is 0 Å². The zero-order valence-corrected chi connectivity index (χ0v) is 26.1. The van der Waals surface area contributed by atoms with Crippen molar-refractivity contribution < 1.29 is 8.85 Å². The Kier molecular flexibility index (Phi) is 5.81. The Bertz CT molecular complexity index is 2350. The maximum Gasteiger partial charge on any atom is 0.137 e. The highest BCUT2D eigenvalue weighted by Crippen LogP contribution is 2.45. The lowest BCUT2D eigenvalue weighted by Crippen LogP contribution is -2.24. The number of hydrogen-bond acceptors (Lipinski definition) is 4. The van der Waals surface area contributed by atoms with Gasteiger partial charge in [0.2, 0.25) is 0 Å². The number of para-hydroxylation sites is 3. The molecule has 5 heteroatoms. The molecule has 0 atom stereocenters. The number of anilines is 4. The van der Waals surface area contributed by atoms with Gasteiger partial charge in [0, 0.05) is 44.6 Å². The molecule has 0 unspecified atom stereocenters. The van der Waals surface area contributed by atoms with E-state index in [1.165, 1.54) is 5.56 Å². The van der Waals surface area contributed by atoms with Gasteiger partial charge in [0.05, 0.1) is 22.4 Å². The number of aryl methyl sites for hydroxylation is 1. The van der Waals surface area contributed by atoms with Crippen LogP contribution in [0.4, 0.5) is 22.7 Å². The topological polar surface area (TPSA) is 33.5 Å². The molecule has 8 rings (SSSR count). The van der Waals surface area contributed by atoms with Gasteiger partial charge in [-0.25, -0.2) is 4.98 Å². The Morgan fingerprint density at radius 1 is 0.652 bits per heavy atom. The quantitative estimate of drug-likeness (QED) is 0.196. The van der Waals surface area contributed by atoms with E-state index in [1.54, 1.807) is 18.3 Å². The van der Waals surface area contributed by atoms with Gasteiger partial charge in [-0.3, -0.25) is 4.57 Å². The number of aromatic nitrogens is 2. The van der Waals surface area contributed by atoms with Gasteiger partial charge in [0.15, 0.2) is 0 Å². The zero-order chi connectivity index (χ0) is 33.9. The Hall–Kier alpha value is -5.55. The monoisotopic (exact) mass is 603 g/mol. The molecule has 0 radical (unpaired) electrons. The molecule has 0 saturated carbocycles. The van der Waals surface area contributed by atoms with Crippen LogP contribution in [0.1, 0.15) is 36.0 Å². The highest BCUT2D eigenvalue weighted by atomic mass is 16.5. The average molecular weight is 604 g/mol. The number of nitrogens with zero attached hydrogens (tertiary/aromatic N) is 4. The van der Waals surface area contributed by atoms with E-state index in [1.807, 2.05) is 47.0 Å². The van der Waals surface area contributed by atoms with Crippen LogP contribution in [0, 0.1) is 6.85 Å². The van der Waals surface area contributed by atoms with E-state index in [4.69, 9.17) is 8.85 Å². The lowest BCUT2D eigenvalue weighted by atomic mass is 9.87. The summed E-state index contributed by atoms with van der Waals surface area (Å²) in [6, 6.07) is 42.8. The summed E-state index contributed by atoms with van der Waals surface area (Å²) in [5, 5.41) is 2.08. The van der Waals surface area contributed by atoms with Crippen molar-refractivity contribution in [2.75, 3.05) is 16.5 Å². The predicted octanol–water partition coefficient (Wildman–Crippen LogP) is 10.8. The van der Waals surface area contributed by atoms with Crippen molar-refractivity contribution in [2.45, 2.75) is 33.0 Å². The lowest BCUT2D eigenvalue weighted by molar-refractivity contribution is 0.483. The van der Waals surface area contributed by atoms with Gasteiger partial charge in [0.1, 0.15) is 24.0 Å². The van der Waals surface area contributed by atoms with Gasteiger partial charge >= 0.3 is 0 Å². The maximum atomic E-state index is 7.96. The van der Waals surface area contributed by atoms with Crippen LogP contribution in [0.5, 0.6) is 11.5 Å². The van der Waals surface area contributed by atoms with E-state index < -0.39 is 6.85 Å². The first-order valence-electron chi connectivity index (χ1n) is 17.1. The van der Waals surface area contributed by atoms with Crippen molar-refractivity contribution in [1.29, 1.82) is 0 Å². The zero-order valence-electron chi connectivity index (χ0n) is 29.1. The van der Waals surface area contributed by atoms with Crippen molar-refractivity contribution in [2.24, 2.45) is 0 Å². The summed E-state index contributed by atoms with van der Waals surface area (Å²) < 4.78 is 32.4. The summed E-state index contributed by atoms with van der Waals surface area (Å²) >= 11 is 0. The molecule has 0 bridgehead atoms. The standard InChI is InChI=1S/C41H36N4O/c1-28-21-22-42-40(23-28)45-36-16-6-5-15-34(36)35-20-19-33(26-39(35)45)46-32-14-10-13-31(25-32)44-27-43(37-17-7-8-18-38(37)44)30-12-9-11-29(24-30)41(2,3)4/h5-26H,27H2,1-4H3/i1D3. The predicted molar refractivity (Wildman–Crippen MR) is 191 cm³/mol. The molecule has 0 fully saturated rings. The number of benzene rings is 5. The third-order valence-corrected chi connectivity index (χ3v) is 8.75. The molecule has 2 aromatic heterocycles. The van der Waals surface area contributed by atoms with Gasteiger partial charge in [-0.1, -0.05) is 69.3 Å². The first-order valence-corrected chi connectivity index (χ1v) is 15.6. The highest BCUT2D eigenvalue weighted by Gasteiger charge is 2.28. The fourth-order valence-corrected chi connectivity index (χ4v) is 6.45. The fraction of sp³-hybridized carbons (Fsp3) is 0.146. The van der Waals surface area contributed by atoms with Crippen molar-refractivity contribution >= 4 is 44.6 Å². The lowest BCUT2D eigenvalue weighted by Gasteiger charge is -2.25. The first-order chi connectivity index (χ1) is 23.5. The van der Waals surface area contributed by atoms with Crippen LogP contribution in [0.25, 0.3) is 27.6 Å². The molecule has 3 heterocycles. The van der Waals surface area contributed by atoms with Gasteiger partial charge < -0.3 is 14.5 Å². The number of hydrogen-bond donors (Lipinski definition) is 0.